The third-order valence-corrected chi connectivity index (χ3v) is 6.98. The molecule has 1 aromatic heterocycles. The van der Waals surface area contributed by atoms with Gasteiger partial charge in [-0.15, -0.1) is 0 Å². The molecule has 0 amide bonds. The first-order chi connectivity index (χ1) is 11.2. The van der Waals surface area contributed by atoms with E-state index in [2.05, 4.69) is 47.1 Å². The van der Waals surface area contributed by atoms with Crippen LogP contribution in [0.2, 0.25) is 0 Å². The lowest BCUT2D eigenvalue weighted by Crippen LogP contribution is -2.58. The Labute approximate surface area is 149 Å². The lowest BCUT2D eigenvalue weighted by Gasteiger charge is -2.62. The van der Waals surface area contributed by atoms with Crippen LogP contribution < -0.4 is 10.9 Å². The second kappa shape index (κ2) is 6.17. The molecule has 2 bridgehead atoms. The minimum atomic E-state index is -0.945. The Balaban J connectivity index is 1.74. The first-order valence-corrected chi connectivity index (χ1v) is 9.25. The molecule has 1 heterocycles. The van der Waals surface area contributed by atoms with E-state index in [9.17, 15) is 9.59 Å². The van der Waals surface area contributed by atoms with Gasteiger partial charge in [0.05, 0.1) is 24.8 Å². The van der Waals surface area contributed by atoms with Gasteiger partial charge in [-0.1, -0.05) is 20.8 Å². The smallest absolute Gasteiger partial charge is 0.305 e. The Bertz CT molecular complexity index is 716. The molecule has 4 rings (SSSR count). The van der Waals surface area contributed by atoms with Gasteiger partial charge >= 0.3 is 5.97 Å². The first-order valence-electron chi connectivity index (χ1n) is 8.45. The summed E-state index contributed by atoms with van der Waals surface area (Å²) in [6, 6.07) is 0.342. The summed E-state index contributed by atoms with van der Waals surface area (Å²) in [4.78, 5) is 23.0. The molecular formula is C17H24BrN3O3. The third-order valence-electron chi connectivity index (χ3n) is 6.22. The van der Waals surface area contributed by atoms with Gasteiger partial charge in [0.2, 0.25) is 0 Å². The summed E-state index contributed by atoms with van der Waals surface area (Å²) in [5.74, 6) is 1.06. The summed E-state index contributed by atoms with van der Waals surface area (Å²) in [5, 5.41) is 16.3. The van der Waals surface area contributed by atoms with Crippen LogP contribution in [0.5, 0.6) is 0 Å². The zero-order valence-corrected chi connectivity index (χ0v) is 15.8. The van der Waals surface area contributed by atoms with Gasteiger partial charge in [-0.3, -0.25) is 9.59 Å². The lowest BCUT2D eigenvalue weighted by atomic mass is 9.45. The Hall–Kier alpha value is -1.37. The molecule has 4 atom stereocenters. The molecule has 2 N–H and O–H groups in total. The maximum atomic E-state index is 12.3. The normalized spacial score (nSPS) is 30.5. The van der Waals surface area contributed by atoms with Crippen LogP contribution in [0.15, 0.2) is 15.5 Å². The molecule has 6 nitrogen and oxygen atoms in total. The van der Waals surface area contributed by atoms with E-state index in [-0.39, 0.29) is 18.5 Å². The van der Waals surface area contributed by atoms with E-state index in [1.807, 2.05) is 0 Å². The third kappa shape index (κ3) is 2.87. The predicted octanol–water partition coefficient (Wildman–Crippen LogP) is 2.96. The summed E-state index contributed by atoms with van der Waals surface area (Å²) in [7, 11) is 0. The van der Waals surface area contributed by atoms with Crippen molar-refractivity contribution in [3.05, 3.63) is 21.0 Å². The second-order valence-electron chi connectivity index (χ2n) is 7.75. The van der Waals surface area contributed by atoms with E-state index >= 15 is 0 Å². The monoisotopic (exact) mass is 397 g/mol. The fraction of sp³-hybridized carbons (Fsp3) is 0.706. The van der Waals surface area contributed by atoms with Gasteiger partial charge in [0.25, 0.3) is 5.56 Å². The van der Waals surface area contributed by atoms with Gasteiger partial charge in [0.15, 0.2) is 0 Å². The highest BCUT2D eigenvalue weighted by atomic mass is 79.9. The number of hydrogen-bond donors (Lipinski definition) is 2. The number of carboxylic acid groups (broad SMARTS) is 1. The molecule has 3 saturated carbocycles. The minimum absolute atomic E-state index is 0.0746. The standard InChI is InChI=1S/C17H24BrN3O3/c1-9-11-6-10(17(11,2)3)7-12(9)20-13-8-19-21(5-4-14(22)23)16(24)15(13)18/h8-12,20H,4-7H2,1-3H3,(H,22,23)/t9-,10+,11-,12-/m1/s1. The van der Waals surface area contributed by atoms with Gasteiger partial charge < -0.3 is 10.4 Å². The molecule has 0 unspecified atom stereocenters. The zero-order valence-electron chi connectivity index (χ0n) is 14.3. The van der Waals surface area contributed by atoms with Crippen molar-refractivity contribution in [1.82, 2.24) is 9.78 Å². The molecule has 0 saturated heterocycles. The fourth-order valence-electron chi connectivity index (χ4n) is 4.47. The number of anilines is 1. The SMILES string of the molecule is C[C@@H]1[C@H]2C[C@@H](C[C@H]1Nc1cnn(CCC(=O)O)c(=O)c1Br)C2(C)C. The molecule has 3 fully saturated rings. The average Bonchev–Trinajstić information content (AvgIpc) is 2.52. The van der Waals surface area contributed by atoms with Gasteiger partial charge in [-0.05, 0) is 51.9 Å². The van der Waals surface area contributed by atoms with Crippen molar-refractivity contribution in [1.29, 1.82) is 0 Å². The maximum Gasteiger partial charge on any atom is 0.305 e. The van der Waals surface area contributed by atoms with Crippen molar-refractivity contribution >= 4 is 27.6 Å². The Morgan fingerprint density at radius 3 is 2.79 bits per heavy atom. The van der Waals surface area contributed by atoms with Crippen molar-refractivity contribution < 1.29 is 9.90 Å². The van der Waals surface area contributed by atoms with Gasteiger partial charge in [-0.2, -0.15) is 5.10 Å². The van der Waals surface area contributed by atoms with Crippen LogP contribution in [0.25, 0.3) is 0 Å². The molecule has 0 aliphatic heterocycles. The van der Waals surface area contributed by atoms with E-state index in [0.29, 0.717) is 27.5 Å². The quantitative estimate of drug-likeness (QED) is 0.797. The summed E-state index contributed by atoms with van der Waals surface area (Å²) in [5.41, 5.74) is 0.825. The van der Waals surface area contributed by atoms with Crippen molar-refractivity contribution in [3.63, 3.8) is 0 Å². The summed E-state index contributed by atoms with van der Waals surface area (Å²) in [6.07, 6.45) is 3.91. The number of carboxylic acids is 1. The first kappa shape index (κ1) is 17.5. The molecule has 1 aromatic rings. The number of nitrogens with zero attached hydrogens (tertiary/aromatic N) is 2. The van der Waals surface area contributed by atoms with Crippen LogP contribution in [-0.4, -0.2) is 26.9 Å². The number of halogens is 1. The number of aryl methyl sites for hydroxylation is 1. The Morgan fingerprint density at radius 2 is 2.21 bits per heavy atom. The Kier molecular flexibility index (Phi) is 4.49. The van der Waals surface area contributed by atoms with Gasteiger partial charge in [-0.25, -0.2) is 4.68 Å². The van der Waals surface area contributed by atoms with Crippen LogP contribution in [-0.2, 0) is 11.3 Å². The van der Waals surface area contributed by atoms with E-state index in [0.717, 1.165) is 18.3 Å². The lowest BCUT2D eigenvalue weighted by molar-refractivity contribution is -0.137. The highest BCUT2D eigenvalue weighted by molar-refractivity contribution is 9.10. The number of hydrogen-bond acceptors (Lipinski definition) is 4. The Morgan fingerprint density at radius 1 is 1.50 bits per heavy atom. The molecular weight excluding hydrogens is 374 g/mol. The average molecular weight is 398 g/mol. The number of fused-ring (bicyclic) bond motifs is 2. The number of aliphatic carboxylic acids is 1. The van der Waals surface area contributed by atoms with Gasteiger partial charge in [0.1, 0.15) is 4.47 Å². The van der Waals surface area contributed by atoms with Crippen molar-refractivity contribution in [3.8, 4) is 0 Å². The second-order valence-corrected chi connectivity index (χ2v) is 8.54. The topological polar surface area (TPSA) is 84.2 Å². The molecule has 3 aliphatic carbocycles. The fourth-order valence-corrected chi connectivity index (χ4v) is 4.89. The minimum Gasteiger partial charge on any atom is -0.481 e. The van der Waals surface area contributed by atoms with Crippen molar-refractivity contribution in [2.45, 2.75) is 52.6 Å². The van der Waals surface area contributed by atoms with Crippen LogP contribution in [0.1, 0.15) is 40.0 Å². The van der Waals surface area contributed by atoms with Crippen molar-refractivity contribution in [2.24, 2.45) is 23.2 Å². The molecule has 0 aromatic carbocycles. The van der Waals surface area contributed by atoms with E-state index < -0.39 is 5.97 Å². The number of rotatable bonds is 5. The van der Waals surface area contributed by atoms with Gasteiger partial charge in [0, 0.05) is 6.04 Å². The molecule has 3 aliphatic rings. The molecule has 24 heavy (non-hydrogen) atoms. The summed E-state index contributed by atoms with van der Waals surface area (Å²) >= 11 is 3.35. The van der Waals surface area contributed by atoms with Crippen LogP contribution in [0, 0.1) is 23.2 Å². The van der Waals surface area contributed by atoms with Crippen molar-refractivity contribution in [2.75, 3.05) is 5.32 Å². The highest BCUT2D eigenvalue weighted by Crippen LogP contribution is 2.61. The van der Waals surface area contributed by atoms with Crippen LogP contribution in [0.3, 0.4) is 0 Å². The summed E-state index contributed by atoms with van der Waals surface area (Å²) < 4.78 is 1.61. The summed E-state index contributed by atoms with van der Waals surface area (Å²) in [6.45, 7) is 7.08. The van der Waals surface area contributed by atoms with E-state index in [4.69, 9.17) is 5.11 Å². The van der Waals surface area contributed by atoms with E-state index in [1.54, 1.807) is 6.20 Å². The predicted molar refractivity (Wildman–Crippen MR) is 95.0 cm³/mol. The number of aromatic nitrogens is 2. The largest absolute Gasteiger partial charge is 0.481 e. The number of nitrogens with one attached hydrogen (secondary N) is 1. The molecule has 132 valence electrons. The van der Waals surface area contributed by atoms with Crippen LogP contribution >= 0.6 is 15.9 Å². The van der Waals surface area contributed by atoms with Crippen LogP contribution in [0.4, 0.5) is 5.69 Å². The maximum absolute atomic E-state index is 12.3. The molecule has 7 heteroatoms. The van der Waals surface area contributed by atoms with E-state index in [1.165, 1.54) is 11.1 Å². The number of carbonyl (C=O) groups is 1. The zero-order chi connectivity index (χ0) is 17.6. The molecule has 0 radical (unpaired) electrons. The highest BCUT2D eigenvalue weighted by Gasteiger charge is 2.56. The molecule has 0 spiro atoms.